The summed E-state index contributed by atoms with van der Waals surface area (Å²) in [5.41, 5.74) is 5.07. The van der Waals surface area contributed by atoms with Crippen molar-refractivity contribution < 1.29 is 14.3 Å². The van der Waals surface area contributed by atoms with Gasteiger partial charge in [0.2, 0.25) is 0 Å². The summed E-state index contributed by atoms with van der Waals surface area (Å²) in [6, 6.07) is 25.6. The molecular weight excluding hydrogens is 448 g/mol. The molecule has 2 aliphatic rings. The maximum absolute atomic E-state index is 13.7. The van der Waals surface area contributed by atoms with Crippen molar-refractivity contribution in [3.63, 3.8) is 0 Å². The van der Waals surface area contributed by atoms with Gasteiger partial charge in [0.05, 0.1) is 25.0 Å². The predicted octanol–water partition coefficient (Wildman–Crippen LogP) is 6.92. The van der Waals surface area contributed by atoms with Crippen LogP contribution in [0.25, 0.3) is 6.08 Å². The Morgan fingerprint density at radius 2 is 1.56 bits per heavy atom. The molecule has 1 fully saturated rings. The second kappa shape index (κ2) is 10.8. The second-order valence-electron chi connectivity index (χ2n) is 9.12. The van der Waals surface area contributed by atoms with Gasteiger partial charge < -0.3 is 9.47 Å². The van der Waals surface area contributed by atoms with Crippen LogP contribution >= 0.6 is 0 Å². The highest BCUT2D eigenvalue weighted by molar-refractivity contribution is 6.09. The van der Waals surface area contributed by atoms with Gasteiger partial charge in [-0.3, -0.25) is 4.79 Å². The summed E-state index contributed by atoms with van der Waals surface area (Å²) in [6.07, 6.45) is 5.22. The standard InChI is InChI=1S/C31H32N2O3/c1-3-35-26-17-13-22(14-18-26)21-25-11-8-12-28-29(25)32-33(31(34)24-9-6-5-7-10-24)30(28)23-15-19-27(20-16-23)36-4-2/h5-7,9-10,13-21,28,30H,3-4,8,11-12H2,1-2H3/b25-21+/t28-,30+/m1/s1. The maximum Gasteiger partial charge on any atom is 0.274 e. The first-order chi connectivity index (χ1) is 17.7. The summed E-state index contributed by atoms with van der Waals surface area (Å²) in [7, 11) is 0. The number of nitrogens with zero attached hydrogens (tertiary/aromatic N) is 2. The third-order valence-electron chi connectivity index (χ3n) is 6.79. The van der Waals surface area contributed by atoms with Gasteiger partial charge in [0, 0.05) is 11.5 Å². The lowest BCUT2D eigenvalue weighted by Crippen LogP contribution is -2.31. The molecule has 2 atom stereocenters. The molecule has 3 aromatic rings. The summed E-state index contributed by atoms with van der Waals surface area (Å²) in [5, 5.41) is 6.71. The van der Waals surface area contributed by atoms with Gasteiger partial charge in [-0.25, -0.2) is 5.01 Å². The van der Waals surface area contributed by atoms with Gasteiger partial charge in [0.1, 0.15) is 11.5 Å². The highest BCUT2D eigenvalue weighted by Crippen LogP contribution is 2.45. The van der Waals surface area contributed by atoms with Gasteiger partial charge in [-0.15, -0.1) is 0 Å². The Balaban J connectivity index is 1.51. The molecule has 0 radical (unpaired) electrons. The van der Waals surface area contributed by atoms with Crippen molar-refractivity contribution in [2.24, 2.45) is 11.0 Å². The molecule has 0 spiro atoms. The van der Waals surface area contributed by atoms with E-state index in [1.807, 2.05) is 68.4 Å². The van der Waals surface area contributed by atoms with Gasteiger partial charge in [-0.1, -0.05) is 42.5 Å². The van der Waals surface area contributed by atoms with Crippen LogP contribution < -0.4 is 9.47 Å². The quantitative estimate of drug-likeness (QED) is 0.369. The lowest BCUT2D eigenvalue weighted by atomic mass is 9.77. The normalized spacial score (nSPS) is 20.1. The number of ether oxygens (including phenoxy) is 2. The number of benzene rings is 3. The summed E-state index contributed by atoms with van der Waals surface area (Å²) < 4.78 is 11.2. The molecule has 1 aliphatic heterocycles. The zero-order valence-electron chi connectivity index (χ0n) is 20.9. The van der Waals surface area contributed by atoms with Crippen LogP contribution in [0.3, 0.4) is 0 Å². The molecule has 0 bridgehead atoms. The minimum Gasteiger partial charge on any atom is -0.494 e. The van der Waals surface area contributed by atoms with Crippen LogP contribution in [-0.2, 0) is 0 Å². The minimum atomic E-state index is -0.146. The van der Waals surface area contributed by atoms with Gasteiger partial charge in [-0.05, 0) is 92.3 Å². The second-order valence-corrected chi connectivity index (χ2v) is 9.12. The Morgan fingerprint density at radius 3 is 2.19 bits per heavy atom. The third kappa shape index (κ3) is 4.92. The zero-order chi connectivity index (χ0) is 24.9. The van der Waals surface area contributed by atoms with Crippen LogP contribution in [0.15, 0.2) is 89.5 Å². The fourth-order valence-corrected chi connectivity index (χ4v) is 5.17. The van der Waals surface area contributed by atoms with Gasteiger partial charge >= 0.3 is 0 Å². The van der Waals surface area contributed by atoms with E-state index in [1.165, 1.54) is 5.57 Å². The number of hydrazone groups is 1. The van der Waals surface area contributed by atoms with Gasteiger partial charge in [0.25, 0.3) is 5.91 Å². The number of carbonyl (C=O) groups is 1. The molecule has 36 heavy (non-hydrogen) atoms. The number of carbonyl (C=O) groups excluding carboxylic acids is 1. The zero-order valence-corrected chi connectivity index (χ0v) is 20.9. The van der Waals surface area contributed by atoms with Crippen LogP contribution in [0.2, 0.25) is 0 Å². The van der Waals surface area contributed by atoms with Crippen molar-refractivity contribution >= 4 is 17.7 Å². The molecule has 3 aromatic carbocycles. The summed E-state index contributed by atoms with van der Waals surface area (Å²) >= 11 is 0. The molecule has 0 unspecified atom stereocenters. The van der Waals surface area contributed by atoms with E-state index in [9.17, 15) is 4.79 Å². The van der Waals surface area contributed by atoms with Crippen molar-refractivity contribution in [2.45, 2.75) is 39.2 Å². The first-order valence-corrected chi connectivity index (χ1v) is 12.8. The average molecular weight is 481 g/mol. The lowest BCUT2D eigenvalue weighted by Gasteiger charge is -2.29. The Morgan fingerprint density at radius 1 is 0.917 bits per heavy atom. The van der Waals surface area contributed by atoms with Crippen molar-refractivity contribution in [2.75, 3.05) is 13.2 Å². The summed E-state index contributed by atoms with van der Waals surface area (Å²) in [5.74, 6) is 1.78. The third-order valence-corrected chi connectivity index (χ3v) is 6.79. The molecule has 0 N–H and O–H groups in total. The fraction of sp³-hybridized carbons (Fsp3) is 0.290. The fourth-order valence-electron chi connectivity index (χ4n) is 5.17. The molecule has 5 rings (SSSR count). The topological polar surface area (TPSA) is 51.1 Å². The van der Waals surface area contributed by atoms with E-state index in [0.717, 1.165) is 47.6 Å². The lowest BCUT2D eigenvalue weighted by molar-refractivity contribution is 0.0681. The van der Waals surface area contributed by atoms with E-state index in [0.29, 0.717) is 18.8 Å². The molecule has 1 heterocycles. The number of amides is 1. The van der Waals surface area contributed by atoms with Gasteiger partial charge in [0.15, 0.2) is 0 Å². The largest absolute Gasteiger partial charge is 0.494 e. The predicted molar refractivity (Wildman–Crippen MR) is 143 cm³/mol. The highest BCUT2D eigenvalue weighted by Gasteiger charge is 2.43. The monoisotopic (exact) mass is 480 g/mol. The molecule has 5 nitrogen and oxygen atoms in total. The summed E-state index contributed by atoms with van der Waals surface area (Å²) in [4.78, 5) is 13.7. The molecule has 1 amide bonds. The van der Waals surface area contributed by atoms with E-state index in [4.69, 9.17) is 14.6 Å². The summed E-state index contributed by atoms with van der Waals surface area (Å²) in [6.45, 7) is 5.24. The number of rotatable bonds is 7. The van der Waals surface area contributed by atoms with Crippen LogP contribution in [0.1, 0.15) is 60.6 Å². The molecular formula is C31H32N2O3. The van der Waals surface area contributed by atoms with Gasteiger partial charge in [-0.2, -0.15) is 5.10 Å². The van der Waals surface area contributed by atoms with E-state index < -0.39 is 0 Å². The van der Waals surface area contributed by atoms with E-state index >= 15 is 0 Å². The van der Waals surface area contributed by atoms with E-state index in [2.05, 4.69) is 30.3 Å². The van der Waals surface area contributed by atoms with Crippen molar-refractivity contribution in [1.29, 1.82) is 0 Å². The van der Waals surface area contributed by atoms with Crippen molar-refractivity contribution in [1.82, 2.24) is 5.01 Å². The highest BCUT2D eigenvalue weighted by atomic mass is 16.5. The van der Waals surface area contributed by atoms with Crippen LogP contribution in [0.5, 0.6) is 11.5 Å². The molecule has 0 saturated heterocycles. The van der Waals surface area contributed by atoms with Crippen LogP contribution in [0.4, 0.5) is 0 Å². The van der Waals surface area contributed by atoms with E-state index in [1.54, 1.807) is 5.01 Å². The number of allylic oxidation sites excluding steroid dienone is 1. The Bertz CT molecular complexity index is 1250. The SMILES string of the molecule is CCOc1ccc(/C=C2\CCC[C@@H]3C2=NN(C(=O)c2ccccc2)[C@H]3c2ccc(OCC)cc2)cc1. The maximum atomic E-state index is 13.7. The first-order valence-electron chi connectivity index (χ1n) is 12.8. The molecule has 1 saturated carbocycles. The molecule has 1 aliphatic carbocycles. The minimum absolute atomic E-state index is 0.0724. The number of fused-ring (bicyclic) bond motifs is 1. The molecule has 5 heteroatoms. The number of hydrogen-bond donors (Lipinski definition) is 0. The molecule has 184 valence electrons. The van der Waals surface area contributed by atoms with Crippen LogP contribution in [-0.4, -0.2) is 29.8 Å². The first kappa shape index (κ1) is 23.9. The smallest absolute Gasteiger partial charge is 0.274 e. The Hall–Kier alpha value is -3.86. The Labute approximate surface area is 213 Å². The average Bonchev–Trinajstić information content (AvgIpc) is 3.31. The van der Waals surface area contributed by atoms with E-state index in [-0.39, 0.29) is 17.9 Å². The number of hydrogen-bond acceptors (Lipinski definition) is 4. The van der Waals surface area contributed by atoms with Crippen LogP contribution in [0, 0.1) is 5.92 Å². The Kier molecular flexibility index (Phi) is 7.17. The van der Waals surface area contributed by atoms with Crippen molar-refractivity contribution in [3.05, 3.63) is 101 Å². The van der Waals surface area contributed by atoms with Crippen molar-refractivity contribution in [3.8, 4) is 11.5 Å². The molecule has 0 aromatic heterocycles.